The van der Waals surface area contributed by atoms with Crippen LogP contribution in [0.3, 0.4) is 0 Å². The number of halogens is 1. The predicted molar refractivity (Wildman–Crippen MR) is 117 cm³/mol. The minimum absolute atomic E-state index is 0.0320. The number of carbonyl (C=O) groups excluding carboxylic acids is 1. The van der Waals surface area contributed by atoms with E-state index in [1.807, 2.05) is 12.2 Å². The van der Waals surface area contributed by atoms with Gasteiger partial charge in [-0.05, 0) is 41.3 Å². The quantitative estimate of drug-likeness (QED) is 0.686. The van der Waals surface area contributed by atoms with Gasteiger partial charge in [0.1, 0.15) is 11.9 Å². The topological polar surface area (TPSA) is 59.4 Å². The van der Waals surface area contributed by atoms with Crippen LogP contribution < -0.4 is 0 Å². The number of hydrogen-bond acceptors (Lipinski definition) is 4. The molecule has 3 rings (SSSR count). The zero-order valence-corrected chi connectivity index (χ0v) is 18.3. The van der Waals surface area contributed by atoms with Crippen molar-refractivity contribution in [3.8, 4) is 11.1 Å². The van der Waals surface area contributed by atoms with E-state index in [1.165, 1.54) is 12.1 Å². The Labute approximate surface area is 177 Å². The summed E-state index contributed by atoms with van der Waals surface area (Å²) in [5.74, 6) is -0.522. The van der Waals surface area contributed by atoms with Crippen LogP contribution in [0.2, 0.25) is 0 Å². The minimum atomic E-state index is -0.691. The number of aliphatic hydroxyl groups excluding tert-OH is 1. The average Bonchev–Trinajstić information content (AvgIpc) is 2.65. The van der Waals surface area contributed by atoms with Crippen LogP contribution in [0.15, 0.2) is 36.4 Å². The van der Waals surface area contributed by atoms with Crippen LogP contribution in [-0.4, -0.2) is 28.3 Å². The van der Waals surface area contributed by atoms with Crippen molar-refractivity contribution in [2.24, 2.45) is 0 Å². The molecule has 1 aliphatic heterocycles. The molecule has 0 radical (unpaired) electrons. The summed E-state index contributed by atoms with van der Waals surface area (Å²) in [5, 5.41) is 9.89. The SMILES string of the molecule is CC(C)c1nc(C(C)(C)C)cc(-c2ccc(F)cc2)c1/C=C/C1C[C@@H](O)CC(=O)O1. The molecule has 1 N–H and O–H groups in total. The van der Waals surface area contributed by atoms with Crippen molar-refractivity contribution < 1.29 is 19.0 Å². The van der Waals surface area contributed by atoms with E-state index in [1.54, 1.807) is 12.1 Å². The first kappa shape index (κ1) is 22.2. The van der Waals surface area contributed by atoms with E-state index >= 15 is 0 Å². The van der Waals surface area contributed by atoms with Gasteiger partial charge in [0, 0.05) is 23.1 Å². The van der Waals surface area contributed by atoms with E-state index in [2.05, 4.69) is 40.7 Å². The summed E-state index contributed by atoms with van der Waals surface area (Å²) in [4.78, 5) is 16.6. The summed E-state index contributed by atoms with van der Waals surface area (Å²) in [6.07, 6.45) is 2.97. The van der Waals surface area contributed by atoms with Gasteiger partial charge in [-0.15, -0.1) is 0 Å². The number of esters is 1. The maximum absolute atomic E-state index is 13.5. The lowest BCUT2D eigenvalue weighted by atomic mass is 9.86. The Morgan fingerprint density at radius 2 is 1.90 bits per heavy atom. The number of rotatable bonds is 4. The lowest BCUT2D eigenvalue weighted by Gasteiger charge is -2.25. The summed E-state index contributed by atoms with van der Waals surface area (Å²) in [6.45, 7) is 10.5. The number of hydrogen-bond donors (Lipinski definition) is 1. The molecule has 2 heterocycles. The summed E-state index contributed by atoms with van der Waals surface area (Å²) < 4.78 is 18.9. The van der Waals surface area contributed by atoms with Crippen LogP contribution in [0.5, 0.6) is 0 Å². The van der Waals surface area contributed by atoms with E-state index < -0.39 is 18.2 Å². The largest absolute Gasteiger partial charge is 0.458 e. The zero-order chi connectivity index (χ0) is 22.1. The van der Waals surface area contributed by atoms with Gasteiger partial charge in [0.05, 0.1) is 18.2 Å². The van der Waals surface area contributed by atoms with Crippen molar-refractivity contribution >= 4 is 12.0 Å². The van der Waals surface area contributed by atoms with Gasteiger partial charge in [0.15, 0.2) is 0 Å². The first-order chi connectivity index (χ1) is 14.0. The summed E-state index contributed by atoms with van der Waals surface area (Å²) in [6, 6.07) is 8.50. The van der Waals surface area contributed by atoms with Gasteiger partial charge in [0.2, 0.25) is 0 Å². The number of carbonyl (C=O) groups is 1. The van der Waals surface area contributed by atoms with Crippen molar-refractivity contribution in [2.45, 2.75) is 71.0 Å². The monoisotopic (exact) mass is 411 g/mol. The van der Waals surface area contributed by atoms with Crippen LogP contribution in [0, 0.1) is 5.82 Å². The second-order valence-electron chi connectivity index (χ2n) is 9.25. The third-order valence-electron chi connectivity index (χ3n) is 5.23. The molecular weight excluding hydrogens is 381 g/mol. The Morgan fingerprint density at radius 1 is 1.23 bits per heavy atom. The van der Waals surface area contributed by atoms with Crippen LogP contribution in [0.25, 0.3) is 17.2 Å². The molecule has 0 saturated carbocycles. The summed E-state index contributed by atoms with van der Waals surface area (Å²) in [5.41, 5.74) is 4.51. The van der Waals surface area contributed by atoms with E-state index in [9.17, 15) is 14.3 Å². The third kappa shape index (κ3) is 5.14. The molecule has 160 valence electrons. The number of nitrogens with zero attached hydrogens (tertiary/aromatic N) is 1. The Hall–Kier alpha value is -2.53. The molecule has 1 aromatic heterocycles. The molecule has 1 unspecified atom stereocenters. The van der Waals surface area contributed by atoms with E-state index in [0.29, 0.717) is 6.42 Å². The van der Waals surface area contributed by atoms with Gasteiger partial charge in [-0.1, -0.05) is 52.8 Å². The maximum atomic E-state index is 13.5. The molecule has 1 fully saturated rings. The second kappa shape index (κ2) is 8.68. The van der Waals surface area contributed by atoms with Crippen molar-refractivity contribution in [2.75, 3.05) is 0 Å². The first-order valence-electron chi connectivity index (χ1n) is 10.4. The lowest BCUT2D eigenvalue weighted by Crippen LogP contribution is -2.31. The molecule has 1 saturated heterocycles. The Balaban J connectivity index is 2.14. The Morgan fingerprint density at radius 3 is 2.47 bits per heavy atom. The highest BCUT2D eigenvalue weighted by atomic mass is 19.1. The predicted octanol–water partition coefficient (Wildman–Crippen LogP) is 5.39. The van der Waals surface area contributed by atoms with E-state index in [4.69, 9.17) is 9.72 Å². The Bertz CT molecular complexity index is 942. The number of aliphatic hydroxyl groups is 1. The lowest BCUT2D eigenvalue weighted by molar-refractivity contribution is -0.156. The van der Waals surface area contributed by atoms with Crippen molar-refractivity contribution in [1.82, 2.24) is 4.98 Å². The maximum Gasteiger partial charge on any atom is 0.309 e. The molecule has 5 heteroatoms. The first-order valence-corrected chi connectivity index (χ1v) is 10.4. The van der Waals surface area contributed by atoms with Crippen LogP contribution in [-0.2, 0) is 14.9 Å². The molecule has 4 nitrogen and oxygen atoms in total. The van der Waals surface area contributed by atoms with Gasteiger partial charge in [-0.2, -0.15) is 0 Å². The smallest absolute Gasteiger partial charge is 0.309 e. The number of cyclic esters (lactones) is 1. The summed E-state index contributed by atoms with van der Waals surface area (Å²) >= 11 is 0. The van der Waals surface area contributed by atoms with Crippen molar-refractivity contribution in [3.05, 3.63) is 59.2 Å². The van der Waals surface area contributed by atoms with Gasteiger partial charge < -0.3 is 9.84 Å². The molecule has 0 amide bonds. The van der Waals surface area contributed by atoms with Gasteiger partial charge >= 0.3 is 5.97 Å². The molecule has 1 aromatic carbocycles. The molecule has 0 aliphatic carbocycles. The minimum Gasteiger partial charge on any atom is -0.458 e. The van der Waals surface area contributed by atoms with Gasteiger partial charge in [0.25, 0.3) is 0 Å². The average molecular weight is 412 g/mol. The third-order valence-corrected chi connectivity index (χ3v) is 5.23. The molecule has 1 aliphatic rings. The van der Waals surface area contributed by atoms with Crippen LogP contribution >= 0.6 is 0 Å². The fourth-order valence-electron chi connectivity index (χ4n) is 3.57. The highest BCUT2D eigenvalue weighted by Crippen LogP contribution is 2.35. The molecule has 30 heavy (non-hydrogen) atoms. The van der Waals surface area contributed by atoms with Crippen LogP contribution in [0.1, 0.15) is 70.3 Å². The molecule has 0 spiro atoms. The van der Waals surface area contributed by atoms with Crippen molar-refractivity contribution in [3.63, 3.8) is 0 Å². The number of aromatic nitrogens is 1. The van der Waals surface area contributed by atoms with E-state index in [-0.39, 0.29) is 23.6 Å². The number of ether oxygens (including phenoxy) is 1. The molecule has 0 bridgehead atoms. The van der Waals surface area contributed by atoms with Crippen molar-refractivity contribution in [1.29, 1.82) is 0 Å². The number of pyridine rings is 1. The molecular formula is C25H30FNO3. The Kier molecular flexibility index (Phi) is 6.41. The fraction of sp³-hybridized carbons (Fsp3) is 0.440. The standard InChI is InChI=1S/C25H30FNO3/c1-15(2)24-20(11-10-19-12-18(28)13-23(29)30-19)21(14-22(27-24)25(3,4)5)16-6-8-17(26)9-7-16/h6-11,14-15,18-19,28H,12-13H2,1-5H3/b11-10+/t18-,19?/m1/s1. The van der Waals surface area contributed by atoms with Gasteiger partial charge in [-0.3, -0.25) is 9.78 Å². The highest BCUT2D eigenvalue weighted by molar-refractivity contribution is 5.78. The second-order valence-corrected chi connectivity index (χ2v) is 9.25. The summed E-state index contributed by atoms with van der Waals surface area (Å²) in [7, 11) is 0. The fourth-order valence-corrected chi connectivity index (χ4v) is 3.57. The normalized spacial score (nSPS) is 20.1. The number of benzene rings is 1. The highest BCUT2D eigenvalue weighted by Gasteiger charge is 2.26. The van der Waals surface area contributed by atoms with Gasteiger partial charge in [-0.25, -0.2) is 4.39 Å². The molecule has 2 aromatic rings. The van der Waals surface area contributed by atoms with E-state index in [0.717, 1.165) is 28.1 Å². The molecule has 2 atom stereocenters. The van der Waals surface area contributed by atoms with Crippen LogP contribution in [0.4, 0.5) is 4.39 Å². The zero-order valence-electron chi connectivity index (χ0n) is 18.3.